The fourth-order valence-corrected chi connectivity index (χ4v) is 2.91. The summed E-state index contributed by atoms with van der Waals surface area (Å²) >= 11 is 1.51. The van der Waals surface area contributed by atoms with Gasteiger partial charge in [-0.1, -0.05) is 17.3 Å². The van der Waals surface area contributed by atoms with Crippen LogP contribution in [0.2, 0.25) is 0 Å². The number of amides is 1. The minimum absolute atomic E-state index is 0.144. The molecule has 1 N–H and O–H groups in total. The van der Waals surface area contributed by atoms with E-state index in [-0.39, 0.29) is 12.4 Å². The Kier molecular flexibility index (Phi) is 6.75. The highest BCUT2D eigenvalue weighted by molar-refractivity contribution is 7.08. The van der Waals surface area contributed by atoms with E-state index in [0.29, 0.717) is 5.89 Å². The van der Waals surface area contributed by atoms with Crippen molar-refractivity contribution in [2.24, 2.45) is 0 Å². The van der Waals surface area contributed by atoms with Gasteiger partial charge in [-0.2, -0.15) is 16.3 Å². The molecule has 2 aromatic heterocycles. The van der Waals surface area contributed by atoms with Crippen LogP contribution in [0.3, 0.4) is 0 Å². The molecule has 0 aliphatic rings. The molecule has 1 amide bonds. The highest BCUT2D eigenvalue weighted by Gasteiger charge is 2.17. The standard InChI is InChI=1S/C20H19N3O5S/c1-13(21-18(24)8-5-14-3-6-16(26-2)7-4-14)20(25)27-11-17-22-19(28-23-17)15-9-10-29-12-15/h3-10,12-13H,11H2,1-2H3,(H,21,24)/b8-5+/t13-/m0/s1. The van der Waals surface area contributed by atoms with Gasteiger partial charge in [0.1, 0.15) is 11.8 Å². The molecule has 0 saturated heterocycles. The quantitative estimate of drug-likeness (QED) is 0.447. The molecule has 0 fully saturated rings. The van der Waals surface area contributed by atoms with Gasteiger partial charge in [-0.3, -0.25) is 4.79 Å². The topological polar surface area (TPSA) is 104 Å². The van der Waals surface area contributed by atoms with E-state index in [2.05, 4.69) is 15.5 Å². The SMILES string of the molecule is COc1ccc(/C=C/C(=O)N[C@@H](C)C(=O)OCc2noc(-c3ccsc3)n2)cc1. The first-order valence-corrected chi connectivity index (χ1v) is 9.64. The van der Waals surface area contributed by atoms with Crippen molar-refractivity contribution in [3.63, 3.8) is 0 Å². The highest BCUT2D eigenvalue weighted by Crippen LogP contribution is 2.20. The van der Waals surface area contributed by atoms with Crippen LogP contribution in [0.4, 0.5) is 0 Å². The average molecular weight is 413 g/mol. The molecule has 8 nitrogen and oxygen atoms in total. The van der Waals surface area contributed by atoms with Crippen molar-refractivity contribution in [1.29, 1.82) is 0 Å². The molecule has 0 aliphatic heterocycles. The monoisotopic (exact) mass is 413 g/mol. The number of carbonyl (C=O) groups excluding carboxylic acids is 2. The van der Waals surface area contributed by atoms with Gasteiger partial charge in [-0.15, -0.1) is 0 Å². The van der Waals surface area contributed by atoms with E-state index in [1.807, 2.05) is 29.0 Å². The second-order valence-corrected chi connectivity index (χ2v) is 6.75. The number of rotatable bonds is 8. The van der Waals surface area contributed by atoms with Crippen LogP contribution in [0.5, 0.6) is 5.75 Å². The Bertz CT molecular complexity index is 980. The van der Waals surface area contributed by atoms with E-state index in [1.165, 1.54) is 24.3 Å². The number of carbonyl (C=O) groups is 2. The minimum atomic E-state index is -0.828. The maximum Gasteiger partial charge on any atom is 0.328 e. The molecule has 0 unspecified atom stereocenters. The summed E-state index contributed by atoms with van der Waals surface area (Å²) in [5.41, 5.74) is 1.64. The lowest BCUT2D eigenvalue weighted by molar-refractivity contribution is -0.148. The Hall–Kier alpha value is -3.46. The van der Waals surface area contributed by atoms with Crippen LogP contribution in [-0.2, 0) is 20.9 Å². The smallest absolute Gasteiger partial charge is 0.328 e. The summed E-state index contributed by atoms with van der Waals surface area (Å²) in [6, 6.07) is 8.24. The largest absolute Gasteiger partial charge is 0.497 e. The first-order chi connectivity index (χ1) is 14.0. The molecule has 1 atom stereocenters. The van der Waals surface area contributed by atoms with Crippen LogP contribution in [0.15, 0.2) is 51.7 Å². The minimum Gasteiger partial charge on any atom is -0.497 e. The molecular formula is C20H19N3O5S. The summed E-state index contributed by atoms with van der Waals surface area (Å²) in [5, 5.41) is 10.1. The van der Waals surface area contributed by atoms with Crippen LogP contribution >= 0.6 is 11.3 Å². The number of hydrogen-bond donors (Lipinski definition) is 1. The number of benzene rings is 1. The number of aromatic nitrogens is 2. The van der Waals surface area contributed by atoms with Gasteiger partial charge >= 0.3 is 5.97 Å². The summed E-state index contributed by atoms with van der Waals surface area (Å²) in [6.45, 7) is 1.39. The number of methoxy groups -OCH3 is 1. The molecule has 0 spiro atoms. The van der Waals surface area contributed by atoms with E-state index in [4.69, 9.17) is 14.0 Å². The van der Waals surface area contributed by atoms with Gasteiger partial charge in [0.15, 0.2) is 6.61 Å². The third kappa shape index (κ3) is 5.76. The summed E-state index contributed by atoms with van der Waals surface area (Å²) in [7, 11) is 1.58. The number of esters is 1. The summed E-state index contributed by atoms with van der Waals surface area (Å²) in [5.74, 6) is 0.328. The molecule has 150 valence electrons. The van der Waals surface area contributed by atoms with Gasteiger partial charge in [0.2, 0.25) is 11.7 Å². The Morgan fingerprint density at radius 3 is 2.76 bits per heavy atom. The van der Waals surface area contributed by atoms with Crippen LogP contribution in [0, 0.1) is 0 Å². The second-order valence-electron chi connectivity index (χ2n) is 5.97. The Balaban J connectivity index is 1.45. The third-order valence-electron chi connectivity index (χ3n) is 3.84. The molecule has 2 heterocycles. The zero-order valence-electron chi connectivity index (χ0n) is 15.8. The summed E-state index contributed by atoms with van der Waals surface area (Å²) < 4.78 is 15.3. The van der Waals surface area contributed by atoms with Crippen LogP contribution in [-0.4, -0.2) is 35.2 Å². The molecular weight excluding hydrogens is 394 g/mol. The molecule has 0 saturated carbocycles. The van der Waals surface area contributed by atoms with Crippen LogP contribution < -0.4 is 10.1 Å². The number of ether oxygens (including phenoxy) is 2. The average Bonchev–Trinajstić information content (AvgIpc) is 3.42. The molecule has 3 rings (SSSR count). The normalized spacial score (nSPS) is 11.9. The Morgan fingerprint density at radius 1 is 1.28 bits per heavy atom. The van der Waals surface area contributed by atoms with E-state index in [1.54, 1.807) is 25.3 Å². The van der Waals surface area contributed by atoms with Gasteiger partial charge in [0.05, 0.1) is 12.7 Å². The van der Waals surface area contributed by atoms with Gasteiger partial charge in [-0.25, -0.2) is 4.79 Å². The van der Waals surface area contributed by atoms with E-state index >= 15 is 0 Å². The van der Waals surface area contributed by atoms with Crippen molar-refractivity contribution in [1.82, 2.24) is 15.5 Å². The van der Waals surface area contributed by atoms with Gasteiger partial charge in [-0.05, 0) is 42.1 Å². The fourth-order valence-electron chi connectivity index (χ4n) is 2.28. The third-order valence-corrected chi connectivity index (χ3v) is 4.52. The lowest BCUT2D eigenvalue weighted by Gasteiger charge is -2.11. The number of thiophene rings is 1. The highest BCUT2D eigenvalue weighted by atomic mass is 32.1. The van der Waals surface area contributed by atoms with Crippen molar-refractivity contribution in [3.8, 4) is 17.2 Å². The van der Waals surface area contributed by atoms with E-state index in [9.17, 15) is 9.59 Å². The molecule has 3 aromatic rings. The number of nitrogens with one attached hydrogen (secondary N) is 1. The molecule has 0 aliphatic carbocycles. The van der Waals surface area contributed by atoms with Crippen LogP contribution in [0.1, 0.15) is 18.3 Å². The first kappa shape index (κ1) is 20.3. The molecule has 0 radical (unpaired) electrons. The van der Waals surface area contributed by atoms with Crippen molar-refractivity contribution in [2.75, 3.05) is 7.11 Å². The zero-order valence-corrected chi connectivity index (χ0v) is 16.6. The van der Waals surface area contributed by atoms with E-state index < -0.39 is 17.9 Å². The maximum absolute atomic E-state index is 12.1. The zero-order chi connectivity index (χ0) is 20.6. The lowest BCUT2D eigenvalue weighted by atomic mass is 10.2. The number of hydrogen-bond acceptors (Lipinski definition) is 8. The lowest BCUT2D eigenvalue weighted by Crippen LogP contribution is -2.38. The van der Waals surface area contributed by atoms with Crippen molar-refractivity contribution >= 4 is 29.3 Å². The second kappa shape index (κ2) is 9.65. The number of nitrogens with zero attached hydrogens (tertiary/aromatic N) is 2. The molecule has 9 heteroatoms. The summed E-state index contributed by atoms with van der Waals surface area (Å²) in [6.07, 6.45) is 2.98. The predicted octanol–water partition coefficient (Wildman–Crippen LogP) is 3.07. The van der Waals surface area contributed by atoms with Gasteiger partial charge < -0.3 is 19.3 Å². The molecule has 1 aromatic carbocycles. The van der Waals surface area contributed by atoms with Crippen LogP contribution in [0.25, 0.3) is 17.5 Å². The Morgan fingerprint density at radius 2 is 2.07 bits per heavy atom. The van der Waals surface area contributed by atoms with E-state index in [0.717, 1.165) is 16.9 Å². The summed E-state index contributed by atoms with van der Waals surface area (Å²) in [4.78, 5) is 28.2. The fraction of sp³-hybridized carbons (Fsp3) is 0.200. The molecule has 0 bridgehead atoms. The van der Waals surface area contributed by atoms with Crippen molar-refractivity contribution in [3.05, 3.63) is 58.6 Å². The van der Waals surface area contributed by atoms with Crippen molar-refractivity contribution in [2.45, 2.75) is 19.6 Å². The maximum atomic E-state index is 12.1. The van der Waals surface area contributed by atoms with Gasteiger partial charge in [0, 0.05) is 11.5 Å². The Labute approximate surface area is 171 Å². The first-order valence-electron chi connectivity index (χ1n) is 8.69. The van der Waals surface area contributed by atoms with Crippen molar-refractivity contribution < 1.29 is 23.6 Å². The molecule has 29 heavy (non-hydrogen) atoms. The van der Waals surface area contributed by atoms with Gasteiger partial charge in [0.25, 0.3) is 5.89 Å². The predicted molar refractivity (Wildman–Crippen MR) is 107 cm³/mol.